The van der Waals surface area contributed by atoms with Crippen molar-refractivity contribution >= 4 is 31.7 Å². The fourth-order valence-corrected chi connectivity index (χ4v) is 2.42. The average Bonchev–Trinajstić information content (AvgIpc) is 2.15. The third-order valence-corrected chi connectivity index (χ3v) is 5.00. The van der Waals surface area contributed by atoms with Gasteiger partial charge in [0.15, 0.2) is 0 Å². The van der Waals surface area contributed by atoms with Gasteiger partial charge >= 0.3 is 0 Å². The molecule has 0 heterocycles. The van der Waals surface area contributed by atoms with Gasteiger partial charge in [0.1, 0.15) is 8.24 Å². The molecule has 0 fully saturated rings. The van der Waals surface area contributed by atoms with E-state index >= 15 is 0 Å². The maximum Gasteiger partial charge on any atom is 0.218 e. The normalized spacial score (nSPS) is 11.3. The van der Waals surface area contributed by atoms with E-state index in [0.717, 1.165) is 5.69 Å². The Kier molecular flexibility index (Phi) is 3.62. The van der Waals surface area contributed by atoms with Crippen LogP contribution in [0, 0.1) is 0 Å². The number of thiol groups is 1. The third kappa shape index (κ3) is 2.86. The van der Waals surface area contributed by atoms with E-state index in [-0.39, 0.29) is 5.12 Å². The highest BCUT2D eigenvalue weighted by molar-refractivity contribution is 7.97. The zero-order chi connectivity index (χ0) is 11.6. The van der Waals surface area contributed by atoms with Crippen LogP contribution in [0.4, 0.5) is 5.69 Å². The second-order valence-electron chi connectivity index (χ2n) is 4.55. The number of carbonyl (C=O) groups is 1. The van der Waals surface area contributed by atoms with Crippen molar-refractivity contribution in [1.29, 1.82) is 0 Å². The van der Waals surface area contributed by atoms with E-state index in [9.17, 15) is 4.79 Å². The molecule has 0 atom stereocenters. The van der Waals surface area contributed by atoms with E-state index in [4.69, 9.17) is 0 Å². The standard InChI is InChI=1S/C11H17NOSSi/c1-12(15(2,3)4)10-8-6-5-7-9(10)11(13)14/h5-8H,1-4H3,(H,13,14). The Hall–Kier alpha value is -0.743. The minimum atomic E-state index is -1.43. The zero-order valence-electron chi connectivity index (χ0n) is 9.61. The molecule has 15 heavy (non-hydrogen) atoms. The summed E-state index contributed by atoms with van der Waals surface area (Å²) < 4.78 is 2.22. The van der Waals surface area contributed by atoms with Crippen molar-refractivity contribution < 1.29 is 4.79 Å². The molecule has 0 N–H and O–H groups in total. The number of anilines is 1. The van der Waals surface area contributed by atoms with Crippen molar-refractivity contribution in [3.05, 3.63) is 29.8 Å². The molecule has 1 rings (SSSR count). The minimum absolute atomic E-state index is 0.171. The van der Waals surface area contributed by atoms with E-state index in [1.807, 2.05) is 31.3 Å². The van der Waals surface area contributed by atoms with E-state index in [1.165, 1.54) is 0 Å². The van der Waals surface area contributed by atoms with Crippen LogP contribution in [-0.2, 0) is 0 Å². The lowest BCUT2D eigenvalue weighted by atomic mass is 10.2. The maximum atomic E-state index is 11.4. The largest absolute Gasteiger partial charge is 0.400 e. The van der Waals surface area contributed by atoms with Crippen molar-refractivity contribution in [2.75, 3.05) is 11.6 Å². The molecule has 0 saturated carbocycles. The molecule has 0 unspecified atom stereocenters. The lowest BCUT2D eigenvalue weighted by molar-refractivity contribution is 0.109. The van der Waals surface area contributed by atoms with E-state index in [2.05, 4.69) is 36.8 Å². The van der Waals surface area contributed by atoms with Gasteiger partial charge in [-0.3, -0.25) is 4.79 Å². The van der Waals surface area contributed by atoms with Gasteiger partial charge in [-0.1, -0.05) is 31.8 Å². The van der Waals surface area contributed by atoms with E-state index in [1.54, 1.807) is 0 Å². The Bertz CT molecular complexity index is 373. The molecule has 0 amide bonds. The summed E-state index contributed by atoms with van der Waals surface area (Å²) in [5, 5.41) is -0.171. The fourth-order valence-electron chi connectivity index (χ4n) is 1.31. The molecular formula is C11H17NOSSi. The number of nitrogens with zero attached hydrogens (tertiary/aromatic N) is 1. The van der Waals surface area contributed by atoms with Crippen LogP contribution in [0.15, 0.2) is 24.3 Å². The van der Waals surface area contributed by atoms with Crippen molar-refractivity contribution in [2.24, 2.45) is 0 Å². The SMILES string of the molecule is CN(c1ccccc1C(=O)S)[Si](C)(C)C. The summed E-state index contributed by atoms with van der Waals surface area (Å²) in [7, 11) is 0.612. The summed E-state index contributed by atoms with van der Waals surface area (Å²) in [6.45, 7) is 6.73. The minimum Gasteiger partial charge on any atom is -0.400 e. The monoisotopic (exact) mass is 239 g/mol. The van der Waals surface area contributed by atoms with E-state index < -0.39 is 8.24 Å². The second-order valence-corrected chi connectivity index (χ2v) is 9.97. The van der Waals surface area contributed by atoms with Crippen LogP contribution in [0.3, 0.4) is 0 Å². The van der Waals surface area contributed by atoms with Crippen LogP contribution in [0.1, 0.15) is 10.4 Å². The number of carbonyl (C=O) groups excluding carboxylic acids is 1. The third-order valence-electron chi connectivity index (χ3n) is 2.50. The molecule has 2 nitrogen and oxygen atoms in total. The number of rotatable bonds is 3. The van der Waals surface area contributed by atoms with Crippen LogP contribution in [0.2, 0.25) is 19.6 Å². The highest BCUT2D eigenvalue weighted by Crippen LogP contribution is 2.25. The lowest BCUT2D eigenvalue weighted by Crippen LogP contribution is -2.43. The van der Waals surface area contributed by atoms with Crippen molar-refractivity contribution in [3.63, 3.8) is 0 Å². The highest BCUT2D eigenvalue weighted by atomic mass is 32.1. The predicted octanol–water partition coefficient (Wildman–Crippen LogP) is 3.03. The quantitative estimate of drug-likeness (QED) is 0.646. The van der Waals surface area contributed by atoms with Crippen LogP contribution >= 0.6 is 12.6 Å². The molecule has 0 saturated heterocycles. The topological polar surface area (TPSA) is 20.3 Å². The van der Waals surface area contributed by atoms with Gasteiger partial charge in [-0.2, -0.15) is 0 Å². The number of hydrogen-bond donors (Lipinski definition) is 1. The summed E-state index contributed by atoms with van der Waals surface area (Å²) in [5.74, 6) is 0. The Balaban J connectivity index is 3.19. The number of benzene rings is 1. The van der Waals surface area contributed by atoms with Crippen LogP contribution in [0.25, 0.3) is 0 Å². The first kappa shape index (κ1) is 12.3. The van der Waals surface area contributed by atoms with Gasteiger partial charge < -0.3 is 4.57 Å². The van der Waals surface area contributed by atoms with Crippen molar-refractivity contribution in [2.45, 2.75) is 19.6 Å². The first-order valence-corrected chi connectivity index (χ1v) is 8.79. The number of para-hydroxylation sites is 1. The summed E-state index contributed by atoms with van der Waals surface area (Å²) in [5.41, 5.74) is 1.67. The molecule has 1 aromatic rings. The van der Waals surface area contributed by atoms with Gasteiger partial charge in [-0.05, 0) is 19.2 Å². The first-order chi connectivity index (χ1) is 6.84. The average molecular weight is 239 g/mol. The molecule has 4 heteroatoms. The van der Waals surface area contributed by atoms with Gasteiger partial charge in [0, 0.05) is 5.69 Å². The lowest BCUT2D eigenvalue weighted by Gasteiger charge is -2.33. The van der Waals surface area contributed by atoms with Crippen LogP contribution < -0.4 is 4.57 Å². The molecular weight excluding hydrogens is 222 g/mol. The molecule has 0 aliphatic carbocycles. The Morgan fingerprint density at radius 1 is 1.27 bits per heavy atom. The maximum absolute atomic E-state index is 11.4. The molecule has 1 aromatic carbocycles. The molecule has 0 radical (unpaired) electrons. The molecule has 0 aromatic heterocycles. The van der Waals surface area contributed by atoms with Crippen LogP contribution in [-0.4, -0.2) is 20.4 Å². The van der Waals surface area contributed by atoms with Crippen LogP contribution in [0.5, 0.6) is 0 Å². The van der Waals surface area contributed by atoms with Crippen molar-refractivity contribution in [1.82, 2.24) is 0 Å². The molecule has 0 aliphatic heterocycles. The molecule has 0 aliphatic rings. The van der Waals surface area contributed by atoms with Gasteiger partial charge in [0.05, 0.1) is 5.56 Å². The molecule has 0 bridgehead atoms. The van der Waals surface area contributed by atoms with Gasteiger partial charge in [0.2, 0.25) is 5.12 Å². The smallest absolute Gasteiger partial charge is 0.218 e. The van der Waals surface area contributed by atoms with Gasteiger partial charge in [-0.15, -0.1) is 12.6 Å². The molecule has 0 spiro atoms. The Morgan fingerprint density at radius 3 is 2.27 bits per heavy atom. The van der Waals surface area contributed by atoms with Gasteiger partial charge in [-0.25, -0.2) is 0 Å². The first-order valence-electron chi connectivity index (χ1n) is 4.90. The molecule has 82 valence electrons. The summed E-state index contributed by atoms with van der Waals surface area (Å²) >= 11 is 3.90. The van der Waals surface area contributed by atoms with E-state index in [0.29, 0.717) is 5.56 Å². The summed E-state index contributed by atoms with van der Waals surface area (Å²) in [6.07, 6.45) is 0. The summed E-state index contributed by atoms with van der Waals surface area (Å²) in [4.78, 5) is 11.4. The highest BCUT2D eigenvalue weighted by Gasteiger charge is 2.23. The zero-order valence-corrected chi connectivity index (χ0v) is 11.5. The Morgan fingerprint density at radius 2 is 1.80 bits per heavy atom. The Labute approximate surface area is 97.8 Å². The van der Waals surface area contributed by atoms with Gasteiger partial charge in [0.25, 0.3) is 0 Å². The van der Waals surface area contributed by atoms with Crippen molar-refractivity contribution in [3.8, 4) is 0 Å². The summed E-state index contributed by atoms with van der Waals surface area (Å²) in [6, 6.07) is 7.61. The predicted molar refractivity (Wildman–Crippen MR) is 71.5 cm³/mol. The second kappa shape index (κ2) is 4.41. The number of hydrogen-bond acceptors (Lipinski definition) is 2. The fraction of sp³-hybridized carbons (Fsp3) is 0.364.